The normalized spacial score (nSPS) is 10.5. The summed E-state index contributed by atoms with van der Waals surface area (Å²) in [7, 11) is 1.73. The molecular formula is C17H15ClN4O. The number of pyridine rings is 1. The first-order chi connectivity index (χ1) is 11.1. The molecule has 0 aliphatic carbocycles. The third-order valence-corrected chi connectivity index (χ3v) is 3.70. The summed E-state index contributed by atoms with van der Waals surface area (Å²) in [5.41, 5.74) is 1.93. The van der Waals surface area contributed by atoms with Crippen LogP contribution < -0.4 is 0 Å². The second kappa shape index (κ2) is 6.62. The van der Waals surface area contributed by atoms with Gasteiger partial charge in [-0.25, -0.2) is 4.68 Å². The predicted octanol–water partition coefficient (Wildman–Crippen LogP) is 3.19. The number of carbonyl (C=O) groups excluding carboxylic acids is 1. The fourth-order valence-corrected chi connectivity index (χ4v) is 2.43. The first kappa shape index (κ1) is 15.2. The molecule has 2 aromatic heterocycles. The summed E-state index contributed by atoms with van der Waals surface area (Å²) in [5, 5.41) is 4.90. The highest BCUT2D eigenvalue weighted by Crippen LogP contribution is 2.19. The highest BCUT2D eigenvalue weighted by Gasteiger charge is 2.16. The van der Waals surface area contributed by atoms with Crippen molar-refractivity contribution in [2.75, 3.05) is 7.05 Å². The van der Waals surface area contributed by atoms with Gasteiger partial charge in [-0.05, 0) is 30.3 Å². The van der Waals surface area contributed by atoms with Gasteiger partial charge in [0.1, 0.15) is 0 Å². The Balaban J connectivity index is 1.77. The Morgan fingerprint density at radius 1 is 1.17 bits per heavy atom. The van der Waals surface area contributed by atoms with Gasteiger partial charge in [0.15, 0.2) is 5.69 Å². The molecule has 2 heterocycles. The molecule has 5 nitrogen and oxygen atoms in total. The largest absolute Gasteiger partial charge is 0.334 e. The topological polar surface area (TPSA) is 51.0 Å². The van der Waals surface area contributed by atoms with Gasteiger partial charge >= 0.3 is 0 Å². The third kappa shape index (κ3) is 3.40. The lowest BCUT2D eigenvalue weighted by molar-refractivity contribution is 0.0777. The Kier molecular flexibility index (Phi) is 4.39. The van der Waals surface area contributed by atoms with Crippen LogP contribution in [0, 0.1) is 0 Å². The van der Waals surface area contributed by atoms with Crippen LogP contribution in [0.15, 0.2) is 60.9 Å². The number of amides is 1. The van der Waals surface area contributed by atoms with Gasteiger partial charge in [0.05, 0.1) is 22.9 Å². The molecule has 0 bridgehead atoms. The molecule has 23 heavy (non-hydrogen) atoms. The maximum Gasteiger partial charge on any atom is 0.274 e. The monoisotopic (exact) mass is 326 g/mol. The molecule has 116 valence electrons. The van der Waals surface area contributed by atoms with E-state index in [1.807, 2.05) is 36.4 Å². The number of halogens is 1. The van der Waals surface area contributed by atoms with Crippen molar-refractivity contribution < 1.29 is 4.79 Å². The van der Waals surface area contributed by atoms with Crippen LogP contribution >= 0.6 is 11.6 Å². The van der Waals surface area contributed by atoms with E-state index in [4.69, 9.17) is 11.6 Å². The molecule has 1 amide bonds. The Labute approximate surface area is 139 Å². The van der Waals surface area contributed by atoms with E-state index in [-0.39, 0.29) is 5.91 Å². The van der Waals surface area contributed by atoms with Crippen molar-refractivity contribution in [3.63, 3.8) is 0 Å². The number of carbonyl (C=O) groups is 1. The van der Waals surface area contributed by atoms with Crippen molar-refractivity contribution in [1.82, 2.24) is 19.7 Å². The summed E-state index contributed by atoms with van der Waals surface area (Å²) < 4.78 is 1.60. The van der Waals surface area contributed by atoms with E-state index in [1.165, 1.54) is 0 Å². The number of nitrogens with zero attached hydrogens (tertiary/aromatic N) is 4. The van der Waals surface area contributed by atoms with Crippen LogP contribution in [0.2, 0.25) is 5.02 Å². The number of rotatable bonds is 4. The minimum Gasteiger partial charge on any atom is -0.334 e. The van der Waals surface area contributed by atoms with Crippen LogP contribution in [-0.4, -0.2) is 32.6 Å². The average Bonchev–Trinajstić information content (AvgIpc) is 3.05. The Hall–Kier alpha value is -2.66. The van der Waals surface area contributed by atoms with Gasteiger partial charge < -0.3 is 4.90 Å². The minimum absolute atomic E-state index is 0.165. The molecule has 6 heteroatoms. The van der Waals surface area contributed by atoms with Gasteiger partial charge in [-0.1, -0.05) is 29.8 Å². The van der Waals surface area contributed by atoms with E-state index >= 15 is 0 Å². The first-order valence-corrected chi connectivity index (χ1v) is 7.49. The van der Waals surface area contributed by atoms with Gasteiger partial charge in [-0.2, -0.15) is 5.10 Å². The van der Waals surface area contributed by atoms with Gasteiger partial charge in [0.2, 0.25) is 0 Å². The molecule has 0 saturated carbocycles. The zero-order valence-electron chi connectivity index (χ0n) is 12.6. The zero-order valence-corrected chi connectivity index (χ0v) is 13.3. The number of benzene rings is 1. The van der Waals surface area contributed by atoms with Crippen LogP contribution in [0.4, 0.5) is 0 Å². The molecule has 0 spiro atoms. The zero-order chi connectivity index (χ0) is 16.2. The first-order valence-electron chi connectivity index (χ1n) is 7.11. The quantitative estimate of drug-likeness (QED) is 0.740. The molecule has 0 atom stereocenters. The highest BCUT2D eigenvalue weighted by molar-refractivity contribution is 6.32. The molecule has 1 aromatic carbocycles. The fourth-order valence-electron chi connectivity index (χ4n) is 2.21. The lowest BCUT2D eigenvalue weighted by atomic mass is 10.3. The summed E-state index contributed by atoms with van der Waals surface area (Å²) >= 11 is 6.15. The highest BCUT2D eigenvalue weighted by atomic mass is 35.5. The van der Waals surface area contributed by atoms with E-state index in [0.717, 1.165) is 11.4 Å². The molecule has 0 radical (unpaired) electrons. The maximum atomic E-state index is 12.5. The van der Waals surface area contributed by atoms with Crippen LogP contribution in [0.1, 0.15) is 16.2 Å². The van der Waals surface area contributed by atoms with Gasteiger partial charge in [-0.3, -0.25) is 9.78 Å². The summed E-state index contributed by atoms with van der Waals surface area (Å²) in [5.74, 6) is -0.165. The Morgan fingerprint density at radius 3 is 2.70 bits per heavy atom. The van der Waals surface area contributed by atoms with Crippen molar-refractivity contribution in [1.29, 1.82) is 0 Å². The lowest BCUT2D eigenvalue weighted by Gasteiger charge is -2.15. The molecule has 3 rings (SSSR count). The predicted molar refractivity (Wildman–Crippen MR) is 88.6 cm³/mol. The van der Waals surface area contributed by atoms with Crippen LogP contribution in [-0.2, 0) is 6.54 Å². The summed E-state index contributed by atoms with van der Waals surface area (Å²) in [6.45, 7) is 0.429. The number of hydrogen-bond donors (Lipinski definition) is 0. The minimum atomic E-state index is -0.165. The van der Waals surface area contributed by atoms with Crippen LogP contribution in [0.5, 0.6) is 0 Å². The Morgan fingerprint density at radius 2 is 1.96 bits per heavy atom. The number of para-hydroxylation sites is 1. The van der Waals surface area contributed by atoms with Gasteiger partial charge in [-0.15, -0.1) is 0 Å². The van der Waals surface area contributed by atoms with E-state index in [0.29, 0.717) is 17.3 Å². The van der Waals surface area contributed by atoms with Crippen molar-refractivity contribution in [2.45, 2.75) is 6.54 Å². The van der Waals surface area contributed by atoms with E-state index in [9.17, 15) is 4.79 Å². The number of aromatic nitrogens is 3. The van der Waals surface area contributed by atoms with E-state index in [1.54, 1.807) is 41.2 Å². The van der Waals surface area contributed by atoms with Crippen molar-refractivity contribution in [3.8, 4) is 5.69 Å². The van der Waals surface area contributed by atoms with Crippen molar-refractivity contribution >= 4 is 17.5 Å². The summed E-state index contributed by atoms with van der Waals surface area (Å²) in [6, 6.07) is 14.7. The molecule has 0 aliphatic rings. The van der Waals surface area contributed by atoms with Crippen LogP contribution in [0.3, 0.4) is 0 Å². The van der Waals surface area contributed by atoms with Crippen molar-refractivity contribution in [3.05, 3.63) is 77.3 Å². The second-order valence-corrected chi connectivity index (χ2v) is 5.49. The third-order valence-electron chi connectivity index (χ3n) is 3.38. The molecule has 0 aliphatic heterocycles. The molecule has 0 unspecified atom stereocenters. The summed E-state index contributed by atoms with van der Waals surface area (Å²) in [4.78, 5) is 18.3. The lowest BCUT2D eigenvalue weighted by Crippen LogP contribution is -2.27. The Bertz CT molecular complexity index is 816. The molecule has 3 aromatic rings. The van der Waals surface area contributed by atoms with Crippen molar-refractivity contribution in [2.24, 2.45) is 0 Å². The van der Waals surface area contributed by atoms with E-state index < -0.39 is 0 Å². The molecule has 0 saturated heterocycles. The molecule has 0 fully saturated rings. The van der Waals surface area contributed by atoms with Gasteiger partial charge in [0.25, 0.3) is 5.91 Å². The molecular weight excluding hydrogens is 312 g/mol. The number of hydrogen-bond acceptors (Lipinski definition) is 3. The standard InChI is InChI=1S/C17H15ClN4O/c1-21(12-13-6-4-5-10-19-13)17(23)15-9-11-22(20-15)16-8-3-2-7-14(16)18/h2-11H,12H2,1H3. The smallest absolute Gasteiger partial charge is 0.274 e. The second-order valence-electron chi connectivity index (χ2n) is 5.08. The SMILES string of the molecule is CN(Cc1ccccn1)C(=O)c1ccn(-c2ccccc2Cl)n1. The van der Waals surface area contributed by atoms with Gasteiger partial charge in [0, 0.05) is 19.4 Å². The average molecular weight is 327 g/mol. The molecule has 0 N–H and O–H groups in total. The fraction of sp³-hybridized carbons (Fsp3) is 0.118. The maximum absolute atomic E-state index is 12.5. The van der Waals surface area contributed by atoms with E-state index in [2.05, 4.69) is 10.1 Å². The van der Waals surface area contributed by atoms with Crippen LogP contribution in [0.25, 0.3) is 5.69 Å². The summed E-state index contributed by atoms with van der Waals surface area (Å²) in [6.07, 6.45) is 3.43.